The van der Waals surface area contributed by atoms with Gasteiger partial charge in [0.15, 0.2) is 0 Å². The van der Waals surface area contributed by atoms with Gasteiger partial charge in [-0.05, 0) is 23.6 Å². The molecule has 1 aliphatic heterocycles. The first kappa shape index (κ1) is 16.1. The molecule has 0 saturated carbocycles. The molecule has 0 N–H and O–H groups in total. The summed E-state index contributed by atoms with van der Waals surface area (Å²) < 4.78 is 31.5. The minimum absolute atomic E-state index is 0. The highest BCUT2D eigenvalue weighted by Crippen LogP contribution is 2.21. The first-order valence-electron chi connectivity index (χ1n) is 6.19. The predicted molar refractivity (Wildman–Crippen MR) is 76.8 cm³/mol. The summed E-state index contributed by atoms with van der Waals surface area (Å²) in [5.41, 5.74) is 1.05. The van der Waals surface area contributed by atoms with E-state index in [-0.39, 0.29) is 7.43 Å². The van der Waals surface area contributed by atoms with E-state index in [2.05, 4.69) is 13.8 Å². The van der Waals surface area contributed by atoms with Gasteiger partial charge in [-0.15, -0.1) is 0 Å². The number of sulfonamides is 1. The zero-order chi connectivity index (χ0) is 13.2. The molecule has 0 radical (unpaired) electrons. The van der Waals surface area contributed by atoms with Crippen molar-refractivity contribution in [1.29, 1.82) is 0 Å². The van der Waals surface area contributed by atoms with Gasteiger partial charge in [-0.25, -0.2) is 8.42 Å². The van der Waals surface area contributed by atoms with Crippen LogP contribution in [0.5, 0.6) is 0 Å². The van der Waals surface area contributed by atoms with E-state index < -0.39 is 10.0 Å². The maximum Gasteiger partial charge on any atom is 0.243 e. The Labute approximate surface area is 116 Å². The fourth-order valence-corrected chi connectivity index (χ4v) is 3.43. The lowest BCUT2D eigenvalue weighted by molar-refractivity contribution is 0.0730. The molecule has 0 amide bonds. The van der Waals surface area contributed by atoms with E-state index in [4.69, 9.17) is 4.74 Å². The van der Waals surface area contributed by atoms with E-state index in [9.17, 15) is 8.42 Å². The summed E-state index contributed by atoms with van der Waals surface area (Å²) in [6.45, 7) is 5.94. The van der Waals surface area contributed by atoms with Crippen molar-refractivity contribution in [3.8, 4) is 0 Å². The fraction of sp³-hybridized carbons (Fsp3) is 0.571. The largest absolute Gasteiger partial charge is 0.379 e. The second-order valence-electron chi connectivity index (χ2n) is 4.74. The van der Waals surface area contributed by atoms with E-state index in [1.807, 2.05) is 12.1 Å². The van der Waals surface area contributed by atoms with Gasteiger partial charge in [0.25, 0.3) is 0 Å². The third kappa shape index (κ3) is 3.55. The van der Waals surface area contributed by atoms with Crippen LogP contribution < -0.4 is 0 Å². The van der Waals surface area contributed by atoms with Gasteiger partial charge in [-0.3, -0.25) is 0 Å². The van der Waals surface area contributed by atoms with Gasteiger partial charge in [0.05, 0.1) is 18.1 Å². The fourth-order valence-electron chi connectivity index (χ4n) is 1.97. The van der Waals surface area contributed by atoms with Crippen LogP contribution in [0.4, 0.5) is 0 Å². The average molecular weight is 285 g/mol. The highest BCUT2D eigenvalue weighted by atomic mass is 32.2. The van der Waals surface area contributed by atoms with Crippen LogP contribution in [-0.2, 0) is 14.8 Å². The zero-order valence-electron chi connectivity index (χ0n) is 10.8. The van der Waals surface area contributed by atoms with Gasteiger partial charge in [0.1, 0.15) is 0 Å². The highest BCUT2D eigenvalue weighted by molar-refractivity contribution is 7.89. The number of hydrogen-bond donors (Lipinski definition) is 0. The summed E-state index contributed by atoms with van der Waals surface area (Å²) in [6.07, 6.45) is 0. The van der Waals surface area contributed by atoms with E-state index in [1.165, 1.54) is 4.31 Å². The monoisotopic (exact) mass is 285 g/mol. The van der Waals surface area contributed by atoms with E-state index in [0.29, 0.717) is 37.1 Å². The molecule has 0 atom stereocenters. The first-order valence-corrected chi connectivity index (χ1v) is 7.63. The third-order valence-electron chi connectivity index (χ3n) is 3.13. The Kier molecular flexibility index (Phi) is 5.52. The van der Waals surface area contributed by atoms with Crippen molar-refractivity contribution in [2.75, 3.05) is 26.3 Å². The molecule has 0 unspecified atom stereocenters. The van der Waals surface area contributed by atoms with E-state index >= 15 is 0 Å². The van der Waals surface area contributed by atoms with Crippen molar-refractivity contribution >= 4 is 10.0 Å². The third-order valence-corrected chi connectivity index (χ3v) is 5.03. The Balaban J connectivity index is 0.00000180. The molecule has 1 heterocycles. The molecule has 1 saturated heterocycles. The molecule has 19 heavy (non-hydrogen) atoms. The van der Waals surface area contributed by atoms with Crippen molar-refractivity contribution in [3.63, 3.8) is 0 Å². The minimum Gasteiger partial charge on any atom is -0.379 e. The van der Waals surface area contributed by atoms with Gasteiger partial charge < -0.3 is 4.74 Å². The molecule has 4 nitrogen and oxygen atoms in total. The zero-order valence-corrected chi connectivity index (χ0v) is 11.6. The minimum atomic E-state index is -3.36. The maximum absolute atomic E-state index is 12.4. The number of nitrogens with zero attached hydrogens (tertiary/aromatic N) is 1. The molecule has 0 spiro atoms. The standard InChI is InChI=1S/C13H19NO3S.CH4/c1-11(2)12-4-3-5-13(10-12)18(15,16)14-6-8-17-9-7-14;/h3-5,10-11H,6-9H2,1-2H3;1H4. The lowest BCUT2D eigenvalue weighted by atomic mass is 10.0. The summed E-state index contributed by atoms with van der Waals surface area (Å²) in [6, 6.07) is 7.21. The molecule has 5 heteroatoms. The Morgan fingerprint density at radius 2 is 1.84 bits per heavy atom. The van der Waals surface area contributed by atoms with Crippen molar-refractivity contribution in [3.05, 3.63) is 29.8 Å². The van der Waals surface area contributed by atoms with E-state index in [1.54, 1.807) is 12.1 Å². The topological polar surface area (TPSA) is 46.6 Å². The molecule has 1 fully saturated rings. The molecular weight excluding hydrogens is 262 g/mol. The quantitative estimate of drug-likeness (QED) is 0.857. The summed E-state index contributed by atoms with van der Waals surface area (Å²) in [5.74, 6) is 0.324. The molecule has 108 valence electrons. The van der Waals surface area contributed by atoms with Crippen LogP contribution in [0.1, 0.15) is 32.8 Å². The molecule has 2 rings (SSSR count). The van der Waals surface area contributed by atoms with Gasteiger partial charge >= 0.3 is 0 Å². The number of rotatable bonds is 3. The summed E-state index contributed by atoms with van der Waals surface area (Å²) in [7, 11) is -3.36. The predicted octanol–water partition coefficient (Wildman–Crippen LogP) is 2.47. The smallest absolute Gasteiger partial charge is 0.243 e. The Bertz CT molecular complexity index is 505. The van der Waals surface area contributed by atoms with Gasteiger partial charge in [0.2, 0.25) is 10.0 Å². The lowest BCUT2D eigenvalue weighted by Crippen LogP contribution is -2.40. The number of benzene rings is 1. The van der Waals surface area contributed by atoms with Crippen LogP contribution in [0.15, 0.2) is 29.2 Å². The second kappa shape index (κ2) is 6.50. The first-order chi connectivity index (χ1) is 8.51. The molecule has 1 aliphatic rings. The molecule has 1 aromatic rings. The Hall–Kier alpha value is -0.910. The van der Waals surface area contributed by atoms with Crippen molar-refractivity contribution < 1.29 is 13.2 Å². The van der Waals surface area contributed by atoms with Crippen LogP contribution >= 0.6 is 0 Å². The number of ether oxygens (including phenoxy) is 1. The number of hydrogen-bond acceptors (Lipinski definition) is 3. The van der Waals surface area contributed by atoms with Gasteiger partial charge in [-0.2, -0.15) is 4.31 Å². The maximum atomic E-state index is 12.4. The van der Waals surface area contributed by atoms with E-state index in [0.717, 1.165) is 5.56 Å². The molecule has 0 aliphatic carbocycles. The summed E-state index contributed by atoms with van der Waals surface area (Å²) >= 11 is 0. The molecule has 1 aromatic carbocycles. The van der Waals surface area contributed by atoms with Crippen molar-refractivity contribution in [2.24, 2.45) is 0 Å². The van der Waals surface area contributed by atoms with Crippen LogP contribution in [0.2, 0.25) is 0 Å². The molecule has 0 aromatic heterocycles. The van der Waals surface area contributed by atoms with Gasteiger partial charge in [-0.1, -0.05) is 33.4 Å². The van der Waals surface area contributed by atoms with Gasteiger partial charge in [0, 0.05) is 13.1 Å². The molecule has 0 bridgehead atoms. The molecular formula is C14H23NO3S. The summed E-state index contributed by atoms with van der Waals surface area (Å²) in [5, 5.41) is 0. The highest BCUT2D eigenvalue weighted by Gasteiger charge is 2.26. The second-order valence-corrected chi connectivity index (χ2v) is 6.68. The number of morpholine rings is 1. The van der Waals surface area contributed by atoms with Crippen molar-refractivity contribution in [1.82, 2.24) is 4.31 Å². The van der Waals surface area contributed by atoms with Crippen LogP contribution in [-0.4, -0.2) is 39.0 Å². The van der Waals surface area contributed by atoms with Crippen LogP contribution in [0.3, 0.4) is 0 Å². The average Bonchev–Trinajstić information content (AvgIpc) is 2.40. The summed E-state index contributed by atoms with van der Waals surface area (Å²) in [4.78, 5) is 0.385. The van der Waals surface area contributed by atoms with Crippen LogP contribution in [0, 0.1) is 0 Å². The normalized spacial score (nSPS) is 17.2. The van der Waals surface area contributed by atoms with Crippen molar-refractivity contribution in [2.45, 2.75) is 32.1 Å². The Morgan fingerprint density at radius 3 is 2.42 bits per heavy atom. The van der Waals surface area contributed by atoms with Crippen LogP contribution in [0.25, 0.3) is 0 Å². The lowest BCUT2D eigenvalue weighted by Gasteiger charge is -2.26. The SMILES string of the molecule is C.CC(C)c1cccc(S(=O)(=O)N2CCOCC2)c1. The Morgan fingerprint density at radius 1 is 1.21 bits per heavy atom.